The van der Waals surface area contributed by atoms with E-state index in [-0.39, 0.29) is 5.91 Å². The Labute approximate surface area is 123 Å². The highest BCUT2D eigenvalue weighted by Gasteiger charge is 2.10. The Bertz CT molecular complexity index is 674. The Morgan fingerprint density at radius 1 is 1.24 bits per heavy atom. The van der Waals surface area contributed by atoms with Crippen LogP contribution in [0.4, 0.5) is 5.69 Å². The Morgan fingerprint density at radius 2 is 2.00 bits per heavy atom. The molecule has 21 heavy (non-hydrogen) atoms. The predicted molar refractivity (Wildman–Crippen MR) is 80.4 cm³/mol. The van der Waals surface area contributed by atoms with Gasteiger partial charge in [0, 0.05) is 17.1 Å². The normalized spacial score (nSPS) is 10.2. The maximum atomic E-state index is 12.1. The fraction of sp³-hybridized carbons (Fsp3) is 0.250. The number of benzene rings is 1. The average Bonchev–Trinajstić information content (AvgIpc) is 2.76. The first-order valence-electron chi connectivity index (χ1n) is 6.63. The Balaban J connectivity index is 2.06. The molecule has 1 heterocycles. The van der Waals surface area contributed by atoms with Gasteiger partial charge in [0.1, 0.15) is 0 Å². The molecule has 1 aromatic carbocycles. The van der Waals surface area contributed by atoms with Gasteiger partial charge in [-0.05, 0) is 43.7 Å². The number of nitrogens with one attached hydrogen (secondary N) is 2. The van der Waals surface area contributed by atoms with Gasteiger partial charge in [0.25, 0.3) is 0 Å². The lowest BCUT2D eigenvalue weighted by Crippen LogP contribution is -2.15. The first kappa shape index (κ1) is 14.8. The van der Waals surface area contributed by atoms with Crippen molar-refractivity contribution in [3.05, 3.63) is 52.8 Å². The third-order valence-corrected chi connectivity index (χ3v) is 3.18. The third kappa shape index (κ3) is 3.72. The van der Waals surface area contributed by atoms with E-state index < -0.39 is 5.97 Å². The van der Waals surface area contributed by atoms with Crippen molar-refractivity contribution in [1.29, 1.82) is 0 Å². The van der Waals surface area contributed by atoms with E-state index in [2.05, 4.69) is 15.0 Å². The lowest BCUT2D eigenvalue weighted by atomic mass is 10.1. The van der Waals surface area contributed by atoms with E-state index >= 15 is 0 Å². The van der Waals surface area contributed by atoms with Gasteiger partial charge in [-0.15, -0.1) is 0 Å². The lowest BCUT2D eigenvalue weighted by Gasteiger charge is -2.06. The van der Waals surface area contributed by atoms with Gasteiger partial charge >= 0.3 is 5.97 Å². The van der Waals surface area contributed by atoms with E-state index in [1.54, 1.807) is 24.3 Å². The largest absolute Gasteiger partial charge is 0.465 e. The van der Waals surface area contributed by atoms with Crippen LogP contribution in [0.2, 0.25) is 0 Å². The molecule has 1 amide bonds. The second kappa shape index (κ2) is 6.26. The summed E-state index contributed by atoms with van der Waals surface area (Å²) in [7, 11) is 1.32. The summed E-state index contributed by atoms with van der Waals surface area (Å²) in [6.45, 7) is 3.89. The van der Waals surface area contributed by atoms with Crippen molar-refractivity contribution in [2.24, 2.45) is 0 Å². The summed E-state index contributed by atoms with van der Waals surface area (Å²) in [5.41, 5.74) is 3.97. The fourth-order valence-electron chi connectivity index (χ4n) is 2.19. The molecule has 1 aromatic heterocycles. The molecule has 0 saturated carbocycles. The molecule has 2 aromatic rings. The summed E-state index contributed by atoms with van der Waals surface area (Å²) in [6.07, 6.45) is 0.290. The van der Waals surface area contributed by atoms with Gasteiger partial charge in [-0.1, -0.05) is 6.07 Å². The van der Waals surface area contributed by atoms with Crippen LogP contribution in [-0.2, 0) is 16.0 Å². The number of H-pyrrole nitrogens is 1. The van der Waals surface area contributed by atoms with Crippen molar-refractivity contribution in [2.45, 2.75) is 20.3 Å². The zero-order valence-electron chi connectivity index (χ0n) is 12.3. The smallest absolute Gasteiger partial charge is 0.337 e. The molecule has 0 radical (unpaired) electrons. The second-order valence-corrected chi connectivity index (χ2v) is 4.90. The summed E-state index contributed by atoms with van der Waals surface area (Å²) >= 11 is 0. The molecular weight excluding hydrogens is 268 g/mol. The van der Waals surface area contributed by atoms with E-state index in [0.29, 0.717) is 17.7 Å². The fourth-order valence-corrected chi connectivity index (χ4v) is 2.19. The van der Waals surface area contributed by atoms with Crippen molar-refractivity contribution in [1.82, 2.24) is 4.98 Å². The second-order valence-electron chi connectivity index (χ2n) is 4.90. The highest BCUT2D eigenvalue weighted by molar-refractivity contribution is 5.95. The van der Waals surface area contributed by atoms with Crippen molar-refractivity contribution >= 4 is 17.6 Å². The van der Waals surface area contributed by atoms with Crippen LogP contribution in [0.3, 0.4) is 0 Å². The molecule has 0 saturated heterocycles. The number of hydrogen-bond donors (Lipinski definition) is 2. The van der Waals surface area contributed by atoms with Gasteiger partial charge in [-0.3, -0.25) is 4.79 Å². The standard InChI is InChI=1S/C16H18N2O3/c1-10-7-13(11(2)17-10)9-15(19)18-14-6-4-5-12(8-14)16(20)21-3/h4-8,17H,9H2,1-3H3,(H,18,19). The summed E-state index contributed by atoms with van der Waals surface area (Å²) in [5.74, 6) is -0.553. The van der Waals surface area contributed by atoms with Crippen molar-refractivity contribution in [3.63, 3.8) is 0 Å². The van der Waals surface area contributed by atoms with Crippen LogP contribution in [0.1, 0.15) is 27.3 Å². The monoisotopic (exact) mass is 286 g/mol. The molecule has 0 aliphatic rings. The number of amides is 1. The van der Waals surface area contributed by atoms with Crippen LogP contribution in [0.15, 0.2) is 30.3 Å². The number of rotatable bonds is 4. The van der Waals surface area contributed by atoms with Crippen molar-refractivity contribution < 1.29 is 14.3 Å². The van der Waals surface area contributed by atoms with Gasteiger partial charge in [0.05, 0.1) is 19.1 Å². The van der Waals surface area contributed by atoms with Gasteiger partial charge in [-0.2, -0.15) is 0 Å². The minimum Gasteiger partial charge on any atom is -0.465 e. The predicted octanol–water partition coefficient (Wildman–Crippen LogP) is 2.60. The number of hydrogen-bond acceptors (Lipinski definition) is 3. The minimum atomic E-state index is -0.428. The van der Waals surface area contributed by atoms with Crippen molar-refractivity contribution in [3.8, 4) is 0 Å². The zero-order valence-corrected chi connectivity index (χ0v) is 12.3. The van der Waals surface area contributed by atoms with Gasteiger partial charge in [0.15, 0.2) is 0 Å². The van der Waals surface area contributed by atoms with E-state index in [9.17, 15) is 9.59 Å². The maximum absolute atomic E-state index is 12.1. The molecule has 0 fully saturated rings. The molecular formula is C16H18N2O3. The molecule has 0 spiro atoms. The van der Waals surface area contributed by atoms with Crippen LogP contribution in [0.25, 0.3) is 0 Å². The average molecular weight is 286 g/mol. The van der Waals surface area contributed by atoms with Crippen LogP contribution >= 0.6 is 0 Å². The van der Waals surface area contributed by atoms with Gasteiger partial charge in [0.2, 0.25) is 5.91 Å². The number of ether oxygens (including phenoxy) is 1. The molecule has 5 nitrogen and oxygen atoms in total. The Kier molecular flexibility index (Phi) is 4.42. The summed E-state index contributed by atoms with van der Waals surface area (Å²) in [6, 6.07) is 8.63. The first-order chi connectivity index (χ1) is 9.99. The number of aromatic amines is 1. The van der Waals surface area contributed by atoms with Crippen LogP contribution in [-0.4, -0.2) is 24.0 Å². The quantitative estimate of drug-likeness (QED) is 0.849. The SMILES string of the molecule is COC(=O)c1cccc(NC(=O)Cc2cc(C)[nH]c2C)c1. The maximum Gasteiger partial charge on any atom is 0.337 e. The molecule has 5 heteroatoms. The molecule has 0 atom stereocenters. The zero-order chi connectivity index (χ0) is 15.4. The Morgan fingerprint density at radius 3 is 2.62 bits per heavy atom. The van der Waals surface area contributed by atoms with E-state index in [1.165, 1.54) is 7.11 Å². The molecule has 0 bridgehead atoms. The van der Waals surface area contributed by atoms with Crippen LogP contribution in [0, 0.1) is 13.8 Å². The van der Waals surface area contributed by atoms with Crippen molar-refractivity contribution in [2.75, 3.05) is 12.4 Å². The highest BCUT2D eigenvalue weighted by Crippen LogP contribution is 2.14. The van der Waals surface area contributed by atoms with E-state index in [0.717, 1.165) is 17.0 Å². The molecule has 0 aliphatic heterocycles. The molecule has 2 rings (SSSR count). The van der Waals surface area contributed by atoms with Crippen LogP contribution in [0.5, 0.6) is 0 Å². The lowest BCUT2D eigenvalue weighted by molar-refractivity contribution is -0.115. The Hall–Kier alpha value is -2.56. The third-order valence-electron chi connectivity index (χ3n) is 3.18. The minimum absolute atomic E-state index is 0.126. The van der Waals surface area contributed by atoms with E-state index in [1.807, 2.05) is 19.9 Å². The van der Waals surface area contributed by atoms with Gasteiger partial charge < -0.3 is 15.0 Å². The molecule has 2 N–H and O–H groups in total. The molecule has 0 unspecified atom stereocenters. The number of carbonyl (C=O) groups excluding carboxylic acids is 2. The molecule has 0 aliphatic carbocycles. The summed E-state index contributed by atoms with van der Waals surface area (Å²) < 4.78 is 4.65. The first-order valence-corrected chi connectivity index (χ1v) is 6.63. The van der Waals surface area contributed by atoms with Gasteiger partial charge in [-0.25, -0.2) is 4.79 Å². The summed E-state index contributed by atoms with van der Waals surface area (Å²) in [5, 5.41) is 2.79. The number of anilines is 1. The van der Waals surface area contributed by atoms with E-state index in [4.69, 9.17) is 0 Å². The van der Waals surface area contributed by atoms with Crippen LogP contribution < -0.4 is 5.32 Å². The number of aryl methyl sites for hydroxylation is 2. The highest BCUT2D eigenvalue weighted by atomic mass is 16.5. The molecule has 110 valence electrons. The number of carbonyl (C=O) groups is 2. The number of aromatic nitrogens is 1. The topological polar surface area (TPSA) is 71.2 Å². The number of esters is 1. The number of methoxy groups -OCH3 is 1. The summed E-state index contributed by atoms with van der Waals surface area (Å²) in [4.78, 5) is 26.7.